The van der Waals surface area contributed by atoms with Crippen molar-refractivity contribution in [3.05, 3.63) is 70.2 Å². The fraction of sp³-hybridized carbons (Fsp3) is 0.333. The van der Waals surface area contributed by atoms with Crippen molar-refractivity contribution in [1.82, 2.24) is 0 Å². The van der Waals surface area contributed by atoms with E-state index in [1.54, 1.807) is 6.07 Å². The van der Waals surface area contributed by atoms with E-state index in [9.17, 15) is 9.59 Å². The van der Waals surface area contributed by atoms with Crippen LogP contribution >= 0.6 is 11.3 Å². The number of esters is 2. The number of fused-ring (bicyclic) bond motifs is 2. The molecule has 2 bridgehead atoms. The van der Waals surface area contributed by atoms with Crippen LogP contribution in [0.25, 0.3) is 0 Å². The van der Waals surface area contributed by atoms with E-state index in [-0.39, 0.29) is 30.1 Å². The van der Waals surface area contributed by atoms with E-state index in [1.165, 1.54) is 11.3 Å². The second-order valence-electron chi connectivity index (χ2n) is 7.03. The normalized spacial score (nSPS) is 32.0. The van der Waals surface area contributed by atoms with Crippen LogP contribution in [-0.2, 0) is 19.0 Å². The highest BCUT2D eigenvalue weighted by Gasteiger charge is 2.44. The first kappa shape index (κ1) is 17.8. The van der Waals surface area contributed by atoms with Crippen LogP contribution in [0.4, 0.5) is 0 Å². The smallest absolute Gasteiger partial charge is 0.348 e. The van der Waals surface area contributed by atoms with Gasteiger partial charge in [0, 0.05) is 18.4 Å². The average Bonchev–Trinajstić information content (AvgIpc) is 3.30. The molecule has 1 unspecified atom stereocenters. The van der Waals surface area contributed by atoms with Gasteiger partial charge in [0.05, 0.1) is 5.92 Å². The minimum absolute atomic E-state index is 0.290. The summed E-state index contributed by atoms with van der Waals surface area (Å²) in [5.74, 6) is -0.528. The van der Waals surface area contributed by atoms with E-state index in [4.69, 9.17) is 14.2 Å². The maximum Gasteiger partial charge on any atom is 0.348 e. The van der Waals surface area contributed by atoms with Crippen molar-refractivity contribution >= 4 is 23.3 Å². The fourth-order valence-corrected chi connectivity index (χ4v) is 4.39. The van der Waals surface area contributed by atoms with E-state index in [1.807, 2.05) is 30.5 Å². The van der Waals surface area contributed by atoms with Crippen LogP contribution in [-0.4, -0.2) is 30.3 Å². The first-order valence-electron chi connectivity index (χ1n) is 8.80. The molecule has 0 aromatic carbocycles. The predicted octanol–water partition coefficient (Wildman–Crippen LogP) is 3.95. The number of hydrogen-bond acceptors (Lipinski definition) is 6. The zero-order valence-corrected chi connectivity index (χ0v) is 15.8. The Kier molecular flexibility index (Phi) is 4.52. The Balaban J connectivity index is 1.69. The summed E-state index contributed by atoms with van der Waals surface area (Å²) in [5.41, 5.74) is 2.26. The third-order valence-electron chi connectivity index (χ3n) is 5.07. The zero-order valence-electron chi connectivity index (χ0n) is 15.0. The molecule has 4 atom stereocenters. The second-order valence-corrected chi connectivity index (χ2v) is 7.98. The molecule has 1 aromatic heterocycles. The highest BCUT2D eigenvalue weighted by atomic mass is 32.1. The van der Waals surface area contributed by atoms with Crippen molar-refractivity contribution in [3.8, 4) is 0 Å². The van der Waals surface area contributed by atoms with Gasteiger partial charge in [-0.1, -0.05) is 24.8 Å². The van der Waals surface area contributed by atoms with E-state index in [0.717, 1.165) is 5.57 Å². The molecule has 0 radical (unpaired) electrons. The molecule has 27 heavy (non-hydrogen) atoms. The van der Waals surface area contributed by atoms with Gasteiger partial charge in [0.1, 0.15) is 28.9 Å². The predicted molar refractivity (Wildman–Crippen MR) is 101 cm³/mol. The lowest BCUT2D eigenvalue weighted by molar-refractivity contribution is -0.139. The van der Waals surface area contributed by atoms with Crippen molar-refractivity contribution in [3.63, 3.8) is 0 Å². The molecular formula is C21H20O5S. The number of carbonyl (C=O) groups is 2. The maximum absolute atomic E-state index is 12.6. The lowest BCUT2D eigenvalue weighted by Gasteiger charge is -2.26. The van der Waals surface area contributed by atoms with Crippen LogP contribution in [0.1, 0.15) is 29.4 Å². The largest absolute Gasteiger partial charge is 0.490 e. The van der Waals surface area contributed by atoms with Crippen molar-refractivity contribution < 1.29 is 23.8 Å². The molecule has 3 aliphatic rings. The van der Waals surface area contributed by atoms with Crippen molar-refractivity contribution in [1.29, 1.82) is 0 Å². The lowest BCUT2D eigenvalue weighted by Crippen LogP contribution is -2.33. The second kappa shape index (κ2) is 6.85. The summed E-state index contributed by atoms with van der Waals surface area (Å²) in [7, 11) is 0. The van der Waals surface area contributed by atoms with Gasteiger partial charge < -0.3 is 14.2 Å². The van der Waals surface area contributed by atoms with Crippen molar-refractivity contribution in [2.75, 3.05) is 0 Å². The number of rotatable bonds is 2. The molecule has 0 N–H and O–H groups in total. The first-order chi connectivity index (χ1) is 12.9. The van der Waals surface area contributed by atoms with Gasteiger partial charge in [0.25, 0.3) is 0 Å². The number of allylic oxidation sites excluding steroid dienone is 1. The molecule has 3 heterocycles. The summed E-state index contributed by atoms with van der Waals surface area (Å²) < 4.78 is 17.2. The molecule has 0 amide bonds. The van der Waals surface area contributed by atoms with Gasteiger partial charge in [0.15, 0.2) is 0 Å². The van der Waals surface area contributed by atoms with Crippen molar-refractivity contribution in [2.24, 2.45) is 5.92 Å². The summed E-state index contributed by atoms with van der Waals surface area (Å²) in [6.07, 6.45) is 3.49. The van der Waals surface area contributed by atoms with Crippen LogP contribution in [0.5, 0.6) is 0 Å². The molecule has 140 valence electrons. The topological polar surface area (TPSA) is 61.8 Å². The van der Waals surface area contributed by atoms with Gasteiger partial charge in [-0.05, 0) is 36.1 Å². The summed E-state index contributed by atoms with van der Waals surface area (Å²) in [6.45, 7) is 9.95. The molecule has 1 aliphatic carbocycles. The Morgan fingerprint density at radius 1 is 1.26 bits per heavy atom. The molecule has 1 fully saturated rings. The molecule has 2 aliphatic heterocycles. The maximum atomic E-state index is 12.6. The van der Waals surface area contributed by atoms with Crippen LogP contribution < -0.4 is 0 Å². The minimum Gasteiger partial charge on any atom is -0.490 e. The molecule has 1 saturated heterocycles. The summed E-state index contributed by atoms with van der Waals surface area (Å²) in [4.78, 5) is 25.3. The third kappa shape index (κ3) is 3.37. The highest BCUT2D eigenvalue weighted by molar-refractivity contribution is 7.11. The summed E-state index contributed by atoms with van der Waals surface area (Å²) in [6, 6.07) is 3.54. The molecule has 4 rings (SSSR count). The molecule has 6 heteroatoms. The highest BCUT2D eigenvalue weighted by Crippen LogP contribution is 2.42. The van der Waals surface area contributed by atoms with Gasteiger partial charge in [-0.15, -0.1) is 11.3 Å². The van der Waals surface area contributed by atoms with Crippen LogP contribution in [0.2, 0.25) is 0 Å². The van der Waals surface area contributed by atoms with Gasteiger partial charge in [-0.25, -0.2) is 9.59 Å². The average molecular weight is 384 g/mol. The van der Waals surface area contributed by atoms with E-state index in [0.29, 0.717) is 34.6 Å². The standard InChI is InChI=1S/C21H20O5S/c1-11-7-15-9-14(20(22)25-15)10-17-19(12(2)13(3)24-17)16(8-11)26-21(23)18-5-4-6-27-18/h4-6,8-9,15-17,19H,2-3,7,10H2,1H3/b11-8+/t15-,16-,17?,19+/m1/s1. The van der Waals surface area contributed by atoms with Gasteiger partial charge in [0.2, 0.25) is 0 Å². The Bertz CT molecular complexity index is 876. The summed E-state index contributed by atoms with van der Waals surface area (Å²) >= 11 is 1.33. The quantitative estimate of drug-likeness (QED) is 0.571. The van der Waals surface area contributed by atoms with Crippen LogP contribution in [0.3, 0.4) is 0 Å². The lowest BCUT2D eigenvalue weighted by atomic mass is 9.85. The Hall–Kier alpha value is -2.60. The van der Waals surface area contributed by atoms with Crippen LogP contribution in [0.15, 0.2) is 65.3 Å². The fourth-order valence-electron chi connectivity index (χ4n) is 3.78. The van der Waals surface area contributed by atoms with E-state index < -0.39 is 6.10 Å². The van der Waals surface area contributed by atoms with E-state index >= 15 is 0 Å². The molecule has 0 saturated carbocycles. The van der Waals surface area contributed by atoms with Gasteiger partial charge in [-0.3, -0.25) is 0 Å². The minimum atomic E-state index is -0.551. The molecular weight excluding hydrogens is 364 g/mol. The number of thiophene rings is 1. The van der Waals surface area contributed by atoms with Gasteiger partial charge in [-0.2, -0.15) is 0 Å². The molecule has 0 spiro atoms. The zero-order chi connectivity index (χ0) is 19.1. The number of carbonyl (C=O) groups excluding carboxylic acids is 2. The number of ether oxygens (including phenoxy) is 3. The molecule has 1 aromatic rings. The number of hydrogen-bond donors (Lipinski definition) is 0. The SMILES string of the molecule is C=C1OC2CC3=C[C@@H](C/C(C)=C/[C@@H](OC(=O)c4cccs4)[C@@H]2C1=C)OC3=O. The summed E-state index contributed by atoms with van der Waals surface area (Å²) in [5, 5.41) is 1.83. The third-order valence-corrected chi connectivity index (χ3v) is 5.92. The Morgan fingerprint density at radius 2 is 2.07 bits per heavy atom. The van der Waals surface area contributed by atoms with Crippen LogP contribution in [0, 0.1) is 5.92 Å². The van der Waals surface area contributed by atoms with Gasteiger partial charge >= 0.3 is 11.9 Å². The monoisotopic (exact) mass is 384 g/mol. The first-order valence-corrected chi connectivity index (χ1v) is 9.68. The Labute approximate surface area is 161 Å². The molecule has 5 nitrogen and oxygen atoms in total. The Morgan fingerprint density at radius 3 is 2.81 bits per heavy atom. The van der Waals surface area contributed by atoms with Crippen molar-refractivity contribution in [2.45, 2.75) is 38.1 Å². The van der Waals surface area contributed by atoms with E-state index in [2.05, 4.69) is 13.2 Å².